The van der Waals surface area contributed by atoms with Crippen molar-refractivity contribution in [3.63, 3.8) is 0 Å². The zero-order valence-corrected chi connectivity index (χ0v) is 25.7. The summed E-state index contributed by atoms with van der Waals surface area (Å²) in [4.78, 5) is 12.8. The number of benzene rings is 3. The van der Waals surface area contributed by atoms with Gasteiger partial charge >= 0.3 is 5.97 Å². The van der Waals surface area contributed by atoms with Crippen molar-refractivity contribution in [2.24, 2.45) is 0 Å². The van der Waals surface area contributed by atoms with Crippen LogP contribution in [0.1, 0.15) is 29.7 Å². The summed E-state index contributed by atoms with van der Waals surface area (Å²) in [5.41, 5.74) is 5.08. The van der Waals surface area contributed by atoms with E-state index in [1.54, 1.807) is 35.7 Å². The van der Waals surface area contributed by atoms with Gasteiger partial charge in [-0.3, -0.25) is 3.97 Å². The Bertz CT molecular complexity index is 1930. The van der Waals surface area contributed by atoms with Crippen molar-refractivity contribution in [1.82, 2.24) is 3.97 Å². The molecule has 1 aliphatic carbocycles. The Labute approximate surface area is 264 Å². The molecule has 6 rings (SSSR count). The third-order valence-corrected chi connectivity index (χ3v) is 9.78. The first kappa shape index (κ1) is 29.6. The fourth-order valence-electron chi connectivity index (χ4n) is 5.28. The Morgan fingerprint density at radius 3 is 2.49 bits per heavy atom. The molecule has 0 fully saturated rings. The van der Waals surface area contributed by atoms with Crippen LogP contribution in [-0.4, -0.2) is 17.1 Å². The van der Waals surface area contributed by atoms with E-state index < -0.39 is 18.2 Å². The van der Waals surface area contributed by atoms with Crippen molar-refractivity contribution < 1.29 is 22.7 Å². The molecule has 0 radical (unpaired) electrons. The summed E-state index contributed by atoms with van der Waals surface area (Å²) in [5.74, 6) is -0.888. The number of aromatic nitrogens is 1. The molecule has 2 aromatic heterocycles. The Balaban J connectivity index is 1.61. The Morgan fingerprint density at radius 1 is 1.00 bits per heavy atom. The SMILES string of the molecule is COC(=O)C1=CC(Cl)=C(c2cccc(-c3c(-c4ccsc4C(F)F)c4cc(F)ccc4n3Sc3ccc(Cl)cc3)c2)CC1. The number of methoxy groups -OCH3 is 1. The first-order valence-electron chi connectivity index (χ1n) is 13.2. The van der Waals surface area contributed by atoms with Crippen molar-refractivity contribution in [2.75, 3.05) is 7.11 Å². The van der Waals surface area contributed by atoms with Gasteiger partial charge in [0.15, 0.2) is 0 Å². The molecular formula is C33H22Cl2F3NO2S2. The molecule has 5 aromatic rings. The lowest BCUT2D eigenvalue weighted by Gasteiger charge is -2.18. The summed E-state index contributed by atoms with van der Waals surface area (Å²) >= 11 is 15.2. The highest BCUT2D eigenvalue weighted by atomic mass is 35.5. The Kier molecular flexibility index (Phi) is 8.47. The summed E-state index contributed by atoms with van der Waals surface area (Å²) in [7, 11) is 1.33. The number of nitrogens with zero attached hydrogens (tertiary/aromatic N) is 1. The van der Waals surface area contributed by atoms with Gasteiger partial charge in [0, 0.05) is 42.6 Å². The molecule has 3 aromatic carbocycles. The summed E-state index contributed by atoms with van der Waals surface area (Å²) < 4.78 is 50.1. The maximum atomic E-state index is 14.8. The fraction of sp³-hybridized carbons (Fsp3) is 0.121. The number of hydrogen-bond donors (Lipinski definition) is 0. The average molecular weight is 657 g/mol. The second-order valence-corrected chi connectivity index (χ2v) is 12.6. The zero-order chi connectivity index (χ0) is 30.2. The smallest absolute Gasteiger partial charge is 0.333 e. The number of allylic oxidation sites excluding steroid dienone is 3. The number of alkyl halides is 2. The van der Waals surface area contributed by atoms with Crippen molar-refractivity contribution in [3.05, 3.63) is 116 Å². The van der Waals surface area contributed by atoms with Crippen LogP contribution in [0.5, 0.6) is 0 Å². The first-order chi connectivity index (χ1) is 20.7. The van der Waals surface area contributed by atoms with E-state index in [1.165, 1.54) is 31.2 Å². The molecular weight excluding hydrogens is 634 g/mol. The second-order valence-electron chi connectivity index (χ2n) is 9.79. The van der Waals surface area contributed by atoms with Gasteiger partial charge in [-0.2, -0.15) is 0 Å². The van der Waals surface area contributed by atoms with E-state index in [0.717, 1.165) is 32.9 Å². The maximum Gasteiger partial charge on any atom is 0.333 e. The third-order valence-electron chi connectivity index (χ3n) is 7.23. The molecule has 0 aliphatic heterocycles. The molecule has 0 N–H and O–H groups in total. The molecule has 0 bridgehead atoms. The number of halogens is 5. The van der Waals surface area contributed by atoms with Crippen molar-refractivity contribution in [1.29, 1.82) is 0 Å². The minimum absolute atomic E-state index is 0.0873. The van der Waals surface area contributed by atoms with Crippen LogP contribution < -0.4 is 0 Å². The molecule has 10 heteroatoms. The van der Waals surface area contributed by atoms with Crippen LogP contribution in [0, 0.1) is 5.82 Å². The molecule has 3 nitrogen and oxygen atoms in total. The summed E-state index contributed by atoms with van der Waals surface area (Å²) in [6, 6.07) is 21.0. The maximum absolute atomic E-state index is 14.8. The average Bonchev–Trinajstić information content (AvgIpc) is 3.60. The number of ether oxygens (including phenoxy) is 1. The van der Waals surface area contributed by atoms with Crippen LogP contribution in [0.15, 0.2) is 99.8 Å². The molecule has 218 valence electrons. The summed E-state index contributed by atoms with van der Waals surface area (Å²) in [6.07, 6.45) is -0.0937. The van der Waals surface area contributed by atoms with E-state index in [0.29, 0.717) is 56.2 Å². The Hall–Kier alpha value is -3.43. The van der Waals surface area contributed by atoms with Crippen LogP contribution in [0.3, 0.4) is 0 Å². The lowest BCUT2D eigenvalue weighted by Crippen LogP contribution is -2.08. The number of carbonyl (C=O) groups excluding carboxylic acids is 1. The van der Waals surface area contributed by atoms with E-state index in [2.05, 4.69) is 0 Å². The number of carbonyl (C=O) groups is 1. The van der Waals surface area contributed by atoms with E-state index in [4.69, 9.17) is 27.9 Å². The summed E-state index contributed by atoms with van der Waals surface area (Å²) in [5, 5.41) is 3.16. The van der Waals surface area contributed by atoms with Gasteiger partial charge in [-0.15, -0.1) is 11.3 Å². The van der Waals surface area contributed by atoms with Gasteiger partial charge in [-0.05, 0) is 102 Å². The van der Waals surface area contributed by atoms with Crippen molar-refractivity contribution in [2.45, 2.75) is 24.2 Å². The van der Waals surface area contributed by atoms with Crippen molar-refractivity contribution in [3.8, 4) is 22.4 Å². The second kappa shape index (κ2) is 12.3. The number of hydrogen-bond acceptors (Lipinski definition) is 4. The van der Waals surface area contributed by atoms with Gasteiger partial charge in [0.2, 0.25) is 0 Å². The lowest BCUT2D eigenvalue weighted by atomic mass is 9.91. The number of fused-ring (bicyclic) bond motifs is 1. The van der Waals surface area contributed by atoms with Gasteiger partial charge in [0.05, 0.1) is 23.2 Å². The molecule has 2 heterocycles. The zero-order valence-electron chi connectivity index (χ0n) is 22.5. The van der Waals surface area contributed by atoms with Gasteiger partial charge < -0.3 is 4.74 Å². The number of thiophene rings is 1. The molecule has 43 heavy (non-hydrogen) atoms. The highest BCUT2D eigenvalue weighted by molar-refractivity contribution is 7.98. The summed E-state index contributed by atoms with van der Waals surface area (Å²) in [6.45, 7) is 0. The van der Waals surface area contributed by atoms with Gasteiger partial charge in [0.1, 0.15) is 5.82 Å². The first-order valence-corrected chi connectivity index (χ1v) is 15.6. The molecule has 0 amide bonds. The lowest BCUT2D eigenvalue weighted by molar-refractivity contribution is -0.136. The van der Waals surface area contributed by atoms with Crippen LogP contribution in [-0.2, 0) is 9.53 Å². The normalized spacial score (nSPS) is 13.6. The van der Waals surface area contributed by atoms with Gasteiger partial charge in [-0.1, -0.05) is 41.4 Å². The standard InChI is InChI=1S/C33H22Cl2F3NO2S2/c1-41-33(40)20-5-11-24(27(35)16-20)18-3-2-4-19(15-18)30-29(25-13-14-42-31(25)32(37)38)26-17-22(36)8-12-28(26)39(30)43-23-9-6-21(34)7-10-23/h2-4,6-10,12-17,32H,5,11H2,1H3. The van der Waals surface area contributed by atoms with Gasteiger partial charge in [-0.25, -0.2) is 18.0 Å². The van der Waals surface area contributed by atoms with Crippen LogP contribution >= 0.6 is 46.5 Å². The van der Waals surface area contributed by atoms with Crippen molar-refractivity contribution >= 4 is 68.9 Å². The van der Waals surface area contributed by atoms with Crippen LogP contribution in [0.4, 0.5) is 13.2 Å². The van der Waals surface area contributed by atoms with Crippen LogP contribution in [0.25, 0.3) is 38.9 Å². The number of rotatable bonds is 7. The van der Waals surface area contributed by atoms with E-state index in [9.17, 15) is 18.0 Å². The molecule has 0 saturated carbocycles. The topological polar surface area (TPSA) is 31.2 Å². The fourth-order valence-corrected chi connectivity index (χ4v) is 7.51. The molecule has 0 atom stereocenters. The highest BCUT2D eigenvalue weighted by Gasteiger charge is 2.27. The molecule has 0 spiro atoms. The van der Waals surface area contributed by atoms with Crippen LogP contribution in [0.2, 0.25) is 5.02 Å². The highest BCUT2D eigenvalue weighted by Crippen LogP contribution is 2.49. The van der Waals surface area contributed by atoms with E-state index >= 15 is 0 Å². The molecule has 0 unspecified atom stereocenters. The quantitative estimate of drug-likeness (QED) is 0.163. The largest absolute Gasteiger partial charge is 0.466 e. The minimum atomic E-state index is -2.70. The van der Waals surface area contributed by atoms with Gasteiger partial charge in [0.25, 0.3) is 6.43 Å². The molecule has 0 saturated heterocycles. The third kappa shape index (κ3) is 5.77. The number of esters is 1. The predicted molar refractivity (Wildman–Crippen MR) is 170 cm³/mol. The van der Waals surface area contributed by atoms with E-state index in [1.807, 2.05) is 40.4 Å². The Morgan fingerprint density at radius 2 is 1.77 bits per heavy atom. The predicted octanol–water partition coefficient (Wildman–Crippen LogP) is 11.2. The van der Waals surface area contributed by atoms with E-state index in [-0.39, 0.29) is 4.88 Å². The minimum Gasteiger partial charge on any atom is -0.466 e. The molecule has 1 aliphatic rings. The monoisotopic (exact) mass is 655 g/mol.